The third-order valence-electron chi connectivity index (χ3n) is 4.42. The van der Waals surface area contributed by atoms with Crippen LogP contribution < -0.4 is 5.32 Å². The summed E-state index contributed by atoms with van der Waals surface area (Å²) >= 11 is 0. The molecule has 0 saturated heterocycles. The van der Waals surface area contributed by atoms with Crippen LogP contribution in [0.5, 0.6) is 0 Å². The minimum absolute atomic E-state index is 0.0145. The predicted molar refractivity (Wildman–Crippen MR) is 102 cm³/mol. The highest BCUT2D eigenvalue weighted by Gasteiger charge is 2.12. The minimum atomic E-state index is -0.0145. The summed E-state index contributed by atoms with van der Waals surface area (Å²) < 4.78 is 1.97. The van der Waals surface area contributed by atoms with Gasteiger partial charge in [-0.15, -0.1) is 0 Å². The van der Waals surface area contributed by atoms with Gasteiger partial charge in [0.1, 0.15) is 0 Å². The lowest BCUT2D eigenvalue weighted by Gasteiger charge is -2.17. The molecule has 0 saturated carbocycles. The molecule has 0 radical (unpaired) electrons. The number of hydrogen-bond acceptors (Lipinski definition) is 3. The van der Waals surface area contributed by atoms with Crippen molar-refractivity contribution in [2.24, 2.45) is 0 Å². The normalized spacial score (nSPS) is 11.2. The van der Waals surface area contributed by atoms with Crippen LogP contribution in [0.1, 0.15) is 18.2 Å². The van der Waals surface area contributed by atoms with Gasteiger partial charge in [-0.05, 0) is 32.3 Å². The molecule has 0 aliphatic heterocycles. The van der Waals surface area contributed by atoms with Crippen LogP contribution in [-0.4, -0.2) is 34.2 Å². The van der Waals surface area contributed by atoms with Crippen molar-refractivity contribution in [3.8, 4) is 0 Å². The summed E-state index contributed by atoms with van der Waals surface area (Å²) in [6, 6.07) is 14.0. The molecule has 25 heavy (non-hydrogen) atoms. The Bertz CT molecular complexity index is 879. The lowest BCUT2D eigenvalue weighted by Crippen LogP contribution is -2.30. The van der Waals surface area contributed by atoms with E-state index >= 15 is 0 Å². The Labute approximate surface area is 148 Å². The molecule has 2 aromatic carbocycles. The molecule has 3 rings (SSSR count). The summed E-state index contributed by atoms with van der Waals surface area (Å²) in [4.78, 5) is 14.4. The molecule has 130 valence electrons. The van der Waals surface area contributed by atoms with E-state index in [-0.39, 0.29) is 5.91 Å². The summed E-state index contributed by atoms with van der Waals surface area (Å²) in [6.45, 7) is 6.03. The molecule has 0 unspecified atom stereocenters. The monoisotopic (exact) mass is 336 g/mol. The number of nitrogens with one attached hydrogen (secondary N) is 1. The van der Waals surface area contributed by atoms with Gasteiger partial charge in [0, 0.05) is 35.4 Å². The van der Waals surface area contributed by atoms with Gasteiger partial charge >= 0.3 is 0 Å². The first kappa shape index (κ1) is 17.2. The molecule has 0 aliphatic carbocycles. The molecule has 1 N–H and O–H groups in total. The Morgan fingerprint density at radius 1 is 1.20 bits per heavy atom. The summed E-state index contributed by atoms with van der Waals surface area (Å²) in [7, 11) is 1.95. The lowest BCUT2D eigenvalue weighted by atomic mass is 10.1. The average molecular weight is 336 g/mol. The molecule has 1 aromatic heterocycles. The highest BCUT2D eigenvalue weighted by Crippen LogP contribution is 2.22. The first-order chi connectivity index (χ1) is 12.1. The van der Waals surface area contributed by atoms with Crippen LogP contribution in [-0.2, 0) is 17.9 Å². The third kappa shape index (κ3) is 3.88. The molecule has 5 heteroatoms. The number of carbonyl (C=O) groups is 1. The van der Waals surface area contributed by atoms with E-state index in [1.807, 2.05) is 65.3 Å². The van der Waals surface area contributed by atoms with E-state index in [1.54, 1.807) is 0 Å². The fraction of sp³-hybridized carbons (Fsp3) is 0.300. The number of nitrogens with zero attached hydrogens (tertiary/aromatic N) is 3. The summed E-state index contributed by atoms with van der Waals surface area (Å²) in [5.41, 5.74) is 3.16. The lowest BCUT2D eigenvalue weighted by molar-refractivity contribution is -0.117. The maximum Gasteiger partial charge on any atom is 0.238 e. The zero-order chi connectivity index (χ0) is 17.8. The first-order valence-electron chi connectivity index (χ1n) is 8.56. The maximum atomic E-state index is 12.4. The van der Waals surface area contributed by atoms with Crippen molar-refractivity contribution in [1.82, 2.24) is 14.7 Å². The zero-order valence-corrected chi connectivity index (χ0v) is 15.0. The summed E-state index contributed by atoms with van der Waals surface area (Å²) in [5.74, 6) is -0.0145. The second-order valence-corrected chi connectivity index (χ2v) is 6.32. The average Bonchev–Trinajstić information content (AvgIpc) is 2.95. The van der Waals surface area contributed by atoms with E-state index in [0.717, 1.165) is 34.3 Å². The van der Waals surface area contributed by atoms with E-state index in [9.17, 15) is 4.79 Å². The molecule has 0 atom stereocenters. The van der Waals surface area contributed by atoms with E-state index in [2.05, 4.69) is 24.3 Å². The fourth-order valence-corrected chi connectivity index (χ4v) is 3.08. The Hall–Kier alpha value is -2.66. The van der Waals surface area contributed by atoms with Crippen molar-refractivity contribution in [1.29, 1.82) is 0 Å². The molecular weight excluding hydrogens is 312 g/mol. The molecule has 0 fully saturated rings. The molecule has 1 heterocycles. The highest BCUT2D eigenvalue weighted by atomic mass is 16.2. The third-order valence-corrected chi connectivity index (χ3v) is 4.42. The zero-order valence-electron chi connectivity index (χ0n) is 15.0. The van der Waals surface area contributed by atoms with Crippen LogP contribution in [0.15, 0.2) is 48.7 Å². The van der Waals surface area contributed by atoms with Crippen LogP contribution in [0.25, 0.3) is 10.8 Å². The van der Waals surface area contributed by atoms with Crippen LogP contribution >= 0.6 is 0 Å². The smallest absolute Gasteiger partial charge is 0.238 e. The first-order valence-corrected chi connectivity index (χ1v) is 8.56. The molecule has 0 aliphatic rings. The van der Waals surface area contributed by atoms with Gasteiger partial charge in [-0.25, -0.2) is 0 Å². The minimum Gasteiger partial charge on any atom is -0.324 e. The van der Waals surface area contributed by atoms with Crippen molar-refractivity contribution in [3.05, 3.63) is 59.9 Å². The Morgan fingerprint density at radius 2 is 1.96 bits per heavy atom. The number of amides is 1. The SMILES string of the molecule is CCn1ncc(CN(C)CC(=O)Nc2cccc3ccccc23)c1C. The molecule has 0 bridgehead atoms. The Morgan fingerprint density at radius 3 is 2.72 bits per heavy atom. The molecular formula is C20H24N4O. The fourth-order valence-electron chi connectivity index (χ4n) is 3.08. The quantitative estimate of drug-likeness (QED) is 0.750. The van der Waals surface area contributed by atoms with Gasteiger partial charge in [-0.3, -0.25) is 14.4 Å². The molecule has 1 amide bonds. The van der Waals surface area contributed by atoms with E-state index < -0.39 is 0 Å². The Kier molecular flexibility index (Phi) is 5.14. The largest absolute Gasteiger partial charge is 0.324 e. The topological polar surface area (TPSA) is 50.2 Å². The number of benzene rings is 2. The van der Waals surface area contributed by atoms with Crippen molar-refractivity contribution in [3.63, 3.8) is 0 Å². The number of aromatic nitrogens is 2. The number of aryl methyl sites for hydroxylation is 1. The van der Waals surface area contributed by atoms with Crippen molar-refractivity contribution in [2.45, 2.75) is 26.9 Å². The van der Waals surface area contributed by atoms with E-state index in [4.69, 9.17) is 0 Å². The van der Waals surface area contributed by atoms with Crippen molar-refractivity contribution >= 4 is 22.4 Å². The van der Waals surface area contributed by atoms with Gasteiger partial charge in [-0.2, -0.15) is 5.10 Å². The van der Waals surface area contributed by atoms with Crippen LogP contribution in [0.2, 0.25) is 0 Å². The highest BCUT2D eigenvalue weighted by molar-refractivity contribution is 6.02. The van der Waals surface area contributed by atoms with Crippen LogP contribution in [0, 0.1) is 6.92 Å². The predicted octanol–water partition coefficient (Wildman–Crippen LogP) is 3.44. The van der Waals surface area contributed by atoms with Gasteiger partial charge in [0.05, 0.1) is 12.7 Å². The maximum absolute atomic E-state index is 12.4. The molecule has 5 nitrogen and oxygen atoms in total. The van der Waals surface area contributed by atoms with Gasteiger partial charge in [0.2, 0.25) is 5.91 Å². The number of rotatable bonds is 6. The van der Waals surface area contributed by atoms with Gasteiger partial charge in [0.25, 0.3) is 0 Å². The van der Waals surface area contributed by atoms with Gasteiger partial charge < -0.3 is 5.32 Å². The standard InChI is InChI=1S/C20H24N4O/c1-4-24-15(2)17(12-21-24)13-23(3)14-20(25)22-19-11-7-9-16-8-5-6-10-18(16)19/h5-12H,4,13-14H2,1-3H3,(H,22,25). The molecule has 3 aromatic rings. The number of carbonyl (C=O) groups excluding carboxylic acids is 1. The van der Waals surface area contributed by atoms with Crippen LogP contribution in [0.3, 0.4) is 0 Å². The summed E-state index contributed by atoms with van der Waals surface area (Å²) in [6.07, 6.45) is 1.89. The number of hydrogen-bond donors (Lipinski definition) is 1. The second-order valence-electron chi connectivity index (χ2n) is 6.32. The number of anilines is 1. The summed E-state index contributed by atoms with van der Waals surface area (Å²) in [5, 5.41) is 9.57. The van der Waals surface area contributed by atoms with Crippen molar-refractivity contribution in [2.75, 3.05) is 18.9 Å². The van der Waals surface area contributed by atoms with Gasteiger partial charge in [0.15, 0.2) is 0 Å². The van der Waals surface area contributed by atoms with Gasteiger partial charge in [-0.1, -0.05) is 36.4 Å². The number of likely N-dealkylation sites (N-methyl/N-ethyl adjacent to an activating group) is 1. The van der Waals surface area contributed by atoms with E-state index in [1.165, 1.54) is 0 Å². The van der Waals surface area contributed by atoms with Crippen molar-refractivity contribution < 1.29 is 4.79 Å². The van der Waals surface area contributed by atoms with Crippen LogP contribution in [0.4, 0.5) is 5.69 Å². The Balaban J connectivity index is 1.64. The van der Waals surface area contributed by atoms with E-state index in [0.29, 0.717) is 13.1 Å². The molecule has 0 spiro atoms. The number of fused-ring (bicyclic) bond motifs is 1. The second kappa shape index (κ2) is 7.49.